The smallest absolute Gasteiger partial charge is 0.258 e. The maximum atomic E-state index is 13.1. The van der Waals surface area contributed by atoms with E-state index in [1.54, 1.807) is 17.0 Å². The predicted molar refractivity (Wildman–Crippen MR) is 132 cm³/mol. The van der Waals surface area contributed by atoms with E-state index >= 15 is 0 Å². The molecule has 0 aromatic heterocycles. The molecule has 1 aliphatic heterocycles. The highest BCUT2D eigenvalue weighted by atomic mass is 16.3. The van der Waals surface area contributed by atoms with Crippen LogP contribution in [-0.4, -0.2) is 40.2 Å². The van der Waals surface area contributed by atoms with E-state index in [4.69, 9.17) is 0 Å². The van der Waals surface area contributed by atoms with E-state index in [1.165, 1.54) is 6.07 Å². The van der Waals surface area contributed by atoms with Crippen molar-refractivity contribution in [2.45, 2.75) is 44.7 Å². The number of hydrogen-bond donors (Lipinski definition) is 4. The molecule has 2 atom stereocenters. The van der Waals surface area contributed by atoms with Gasteiger partial charge in [0, 0.05) is 6.54 Å². The molecule has 34 heavy (non-hydrogen) atoms. The molecule has 0 bridgehead atoms. The van der Waals surface area contributed by atoms with Gasteiger partial charge in [-0.3, -0.25) is 14.4 Å². The molecule has 1 fully saturated rings. The van der Waals surface area contributed by atoms with Gasteiger partial charge in [0.15, 0.2) is 5.75 Å². The Balaban J connectivity index is 1.59. The lowest BCUT2D eigenvalue weighted by Gasteiger charge is -2.34. The summed E-state index contributed by atoms with van der Waals surface area (Å²) in [6.45, 7) is 2.35. The average molecular weight is 464 g/mol. The monoisotopic (exact) mass is 463 g/mol. The molecule has 3 aromatic rings. The Bertz CT molecular complexity index is 1230. The van der Waals surface area contributed by atoms with Crippen LogP contribution in [0.1, 0.15) is 54.6 Å². The van der Waals surface area contributed by atoms with Crippen LogP contribution in [0, 0.1) is 0 Å². The quantitative estimate of drug-likeness (QED) is 0.299. The summed E-state index contributed by atoms with van der Waals surface area (Å²) in [6.07, 6.45) is 3.17. The van der Waals surface area contributed by atoms with Gasteiger partial charge >= 0.3 is 0 Å². The number of carbonyl (C=O) groups excluding carboxylic acids is 1. The fourth-order valence-electron chi connectivity index (χ4n) is 4.49. The summed E-state index contributed by atoms with van der Waals surface area (Å²) in [4.78, 5) is 39.4. The van der Waals surface area contributed by atoms with E-state index in [2.05, 4.69) is 10.6 Å². The first-order chi connectivity index (χ1) is 16.5. The van der Waals surface area contributed by atoms with Gasteiger partial charge in [0.2, 0.25) is 0 Å². The maximum Gasteiger partial charge on any atom is 0.258 e. The normalized spacial score (nSPS) is 16.9. The third kappa shape index (κ3) is 4.41. The Morgan fingerprint density at radius 2 is 1.79 bits per heavy atom. The van der Waals surface area contributed by atoms with Crippen LogP contribution >= 0.6 is 0 Å². The van der Waals surface area contributed by atoms with E-state index in [9.17, 15) is 24.6 Å². The number of carbonyl (C=O) groups is 1. The maximum absolute atomic E-state index is 13.1. The number of nitrogens with zero attached hydrogens (tertiary/aromatic N) is 1. The summed E-state index contributed by atoms with van der Waals surface area (Å²) in [5, 5.41) is 26.5. The molecule has 1 unspecified atom stereocenters. The van der Waals surface area contributed by atoms with Crippen molar-refractivity contribution in [2.24, 2.45) is 0 Å². The highest BCUT2D eigenvalue weighted by molar-refractivity contribution is 5.99. The van der Waals surface area contributed by atoms with Gasteiger partial charge in [0.25, 0.3) is 16.8 Å². The molecule has 8 nitrogen and oxygen atoms in total. The van der Waals surface area contributed by atoms with E-state index in [0.29, 0.717) is 19.4 Å². The van der Waals surface area contributed by atoms with Gasteiger partial charge in [-0.05, 0) is 43.4 Å². The number of piperidine rings is 1. The number of aromatic hydroxyl groups is 1. The first-order valence-corrected chi connectivity index (χ1v) is 11.6. The number of hydrogen-bond acceptors (Lipinski definition) is 7. The number of phenols is 1. The fraction of sp³-hybridized carbons (Fsp3) is 0.346. The largest absolute Gasteiger partial charge is 0.505 e. The molecule has 0 aliphatic carbocycles. The molecule has 1 amide bonds. The van der Waals surface area contributed by atoms with Gasteiger partial charge in [-0.25, -0.2) is 0 Å². The summed E-state index contributed by atoms with van der Waals surface area (Å²) >= 11 is 0. The van der Waals surface area contributed by atoms with Gasteiger partial charge in [0.1, 0.15) is 11.4 Å². The molecule has 8 heteroatoms. The van der Waals surface area contributed by atoms with Crippen molar-refractivity contribution in [2.75, 3.05) is 23.8 Å². The summed E-state index contributed by atoms with van der Waals surface area (Å²) in [6, 6.07) is 13.8. The predicted octanol–water partition coefficient (Wildman–Crippen LogP) is 3.28. The Labute approximate surface area is 197 Å². The van der Waals surface area contributed by atoms with Crippen LogP contribution < -0.4 is 21.5 Å². The van der Waals surface area contributed by atoms with E-state index in [-0.39, 0.29) is 53.0 Å². The van der Waals surface area contributed by atoms with Crippen LogP contribution in [0.25, 0.3) is 0 Å². The lowest BCUT2D eigenvalue weighted by Crippen LogP contribution is -2.45. The zero-order chi connectivity index (χ0) is 24.2. The van der Waals surface area contributed by atoms with Gasteiger partial charge in [-0.15, -0.1) is 0 Å². The van der Waals surface area contributed by atoms with Crippen molar-refractivity contribution in [1.29, 1.82) is 0 Å². The van der Waals surface area contributed by atoms with Gasteiger partial charge in [0.05, 0.1) is 29.9 Å². The molecule has 0 radical (unpaired) electrons. The van der Waals surface area contributed by atoms with E-state index in [0.717, 1.165) is 18.4 Å². The number of phenolic OH excluding ortho intramolecular Hbond substituents is 1. The van der Waals surface area contributed by atoms with E-state index in [1.807, 2.05) is 37.3 Å². The van der Waals surface area contributed by atoms with Crippen molar-refractivity contribution in [1.82, 2.24) is 4.90 Å². The molecule has 0 spiro atoms. The fourth-order valence-corrected chi connectivity index (χ4v) is 4.49. The minimum absolute atomic E-state index is 0.0606. The number of nitrogens with one attached hydrogen (secondary N) is 2. The number of aliphatic hydroxyl groups excluding tert-OH is 1. The first kappa shape index (κ1) is 23.5. The Kier molecular flexibility index (Phi) is 6.98. The topological polar surface area (TPSA) is 119 Å². The Morgan fingerprint density at radius 1 is 1.06 bits per heavy atom. The zero-order valence-electron chi connectivity index (χ0n) is 19.1. The van der Waals surface area contributed by atoms with Gasteiger partial charge in [-0.1, -0.05) is 43.3 Å². The minimum atomic E-state index is -0.682. The second kappa shape index (κ2) is 10.1. The molecule has 0 saturated carbocycles. The first-order valence-electron chi connectivity index (χ1n) is 11.6. The lowest BCUT2D eigenvalue weighted by molar-refractivity contribution is 0.0500. The van der Waals surface area contributed by atoms with Crippen LogP contribution in [0.15, 0.2) is 58.1 Å². The number of aliphatic hydroxyl groups is 1. The number of amides is 1. The highest BCUT2D eigenvalue weighted by Crippen LogP contribution is 2.34. The standard InChI is InChI=1S/C26H29N3O5/c1-2-19(16-9-4-3-5-10-16)27-21-22(25(33)24(21)32)28-20-13-8-12-18(23(20)31)26(34)29-14-7-6-11-17(29)15-30/h3-5,8-10,12-13,17,19,27-28,30-31H,2,6-7,11,14-15H2,1H3/t17?,19-/m1/s1. The Hall–Kier alpha value is -3.65. The van der Waals surface area contributed by atoms with Crippen molar-refractivity contribution in [3.8, 4) is 5.75 Å². The molecule has 4 rings (SSSR count). The number of rotatable bonds is 8. The number of para-hydroxylation sites is 1. The van der Waals surface area contributed by atoms with Crippen LogP contribution in [0.4, 0.5) is 17.1 Å². The third-order valence-electron chi connectivity index (χ3n) is 6.46. The molecule has 1 saturated heterocycles. The molecular formula is C26H29N3O5. The number of benzene rings is 2. The second-order valence-corrected chi connectivity index (χ2v) is 8.58. The van der Waals surface area contributed by atoms with Crippen molar-refractivity contribution >= 4 is 23.0 Å². The van der Waals surface area contributed by atoms with Crippen LogP contribution in [0.2, 0.25) is 0 Å². The highest BCUT2D eigenvalue weighted by Gasteiger charge is 2.30. The molecule has 1 aliphatic rings. The summed E-state index contributed by atoms with van der Waals surface area (Å²) in [7, 11) is 0. The van der Waals surface area contributed by atoms with E-state index < -0.39 is 10.9 Å². The van der Waals surface area contributed by atoms with Crippen LogP contribution in [-0.2, 0) is 0 Å². The number of anilines is 3. The summed E-state index contributed by atoms with van der Waals surface area (Å²) < 4.78 is 0. The summed E-state index contributed by atoms with van der Waals surface area (Å²) in [5.74, 6) is -0.678. The molecule has 178 valence electrons. The van der Waals surface area contributed by atoms with Gasteiger partial charge in [-0.2, -0.15) is 0 Å². The van der Waals surface area contributed by atoms with Crippen LogP contribution in [0.5, 0.6) is 5.75 Å². The second-order valence-electron chi connectivity index (χ2n) is 8.58. The van der Waals surface area contributed by atoms with Crippen molar-refractivity contribution in [3.05, 3.63) is 80.1 Å². The van der Waals surface area contributed by atoms with Gasteiger partial charge < -0.3 is 25.7 Å². The summed E-state index contributed by atoms with van der Waals surface area (Å²) in [5.41, 5.74) is 0.138. The molecule has 1 heterocycles. The zero-order valence-corrected chi connectivity index (χ0v) is 19.1. The average Bonchev–Trinajstić information content (AvgIpc) is 2.89. The minimum Gasteiger partial charge on any atom is -0.505 e. The lowest BCUT2D eigenvalue weighted by atomic mass is 10.0. The van der Waals surface area contributed by atoms with Crippen molar-refractivity contribution in [3.63, 3.8) is 0 Å². The molecule has 4 N–H and O–H groups in total. The molecule has 3 aromatic carbocycles. The molecular weight excluding hydrogens is 434 g/mol. The SMILES string of the molecule is CC[C@@H](Nc1c(Nc2cccc(C(=O)N3CCCCC3CO)c2O)c(=O)c1=O)c1ccccc1. The van der Waals surface area contributed by atoms with Crippen LogP contribution in [0.3, 0.4) is 0 Å². The third-order valence-corrected chi connectivity index (χ3v) is 6.46. The number of likely N-dealkylation sites (tertiary alicyclic amines) is 1. The van der Waals surface area contributed by atoms with Crippen molar-refractivity contribution < 1.29 is 15.0 Å². The Morgan fingerprint density at radius 3 is 2.50 bits per heavy atom.